The minimum atomic E-state index is -0.937. The van der Waals surface area contributed by atoms with Crippen LogP contribution in [0.2, 0.25) is 0 Å². The summed E-state index contributed by atoms with van der Waals surface area (Å²) >= 11 is 0. The molecule has 1 saturated heterocycles. The first kappa shape index (κ1) is 25.1. The SMILES string of the molecule is NC(=O)OCCC(CC(C(=O)N1CCOCC1)C1CCCCC1)C(=O)c1nc2cccc(F)c2o1. The van der Waals surface area contributed by atoms with Crippen molar-refractivity contribution < 1.29 is 32.7 Å². The van der Waals surface area contributed by atoms with E-state index in [1.807, 2.05) is 4.90 Å². The number of rotatable bonds is 9. The van der Waals surface area contributed by atoms with Crippen molar-refractivity contribution in [1.29, 1.82) is 0 Å². The number of fused-ring (bicyclic) bond motifs is 1. The van der Waals surface area contributed by atoms with Gasteiger partial charge in [0.1, 0.15) is 5.52 Å². The minimum absolute atomic E-state index is 0.0254. The predicted molar refractivity (Wildman–Crippen MR) is 124 cm³/mol. The van der Waals surface area contributed by atoms with Crippen LogP contribution in [0.3, 0.4) is 0 Å². The van der Waals surface area contributed by atoms with Gasteiger partial charge in [-0.05, 0) is 43.7 Å². The van der Waals surface area contributed by atoms with Gasteiger partial charge in [-0.25, -0.2) is 14.2 Å². The average molecular weight is 490 g/mol. The molecule has 4 rings (SSSR count). The Morgan fingerprint density at radius 3 is 2.60 bits per heavy atom. The number of carbonyl (C=O) groups is 3. The number of nitrogens with zero attached hydrogens (tertiary/aromatic N) is 2. The zero-order chi connectivity index (χ0) is 24.8. The summed E-state index contributed by atoms with van der Waals surface area (Å²) in [6, 6.07) is 4.30. The molecule has 1 saturated carbocycles. The molecule has 190 valence electrons. The summed E-state index contributed by atoms with van der Waals surface area (Å²) in [6.07, 6.45) is 4.56. The molecule has 2 aromatic rings. The fourth-order valence-corrected chi connectivity index (χ4v) is 5.21. The maximum atomic E-state index is 14.1. The number of para-hydroxylation sites is 1. The van der Waals surface area contributed by atoms with Crippen molar-refractivity contribution in [1.82, 2.24) is 9.88 Å². The van der Waals surface area contributed by atoms with E-state index in [1.54, 1.807) is 6.07 Å². The first-order valence-corrected chi connectivity index (χ1v) is 12.3. The van der Waals surface area contributed by atoms with Crippen LogP contribution in [0.15, 0.2) is 22.6 Å². The molecule has 1 aliphatic heterocycles. The zero-order valence-electron chi connectivity index (χ0n) is 19.7. The largest absolute Gasteiger partial charge is 0.450 e. The van der Waals surface area contributed by atoms with Crippen LogP contribution in [0.1, 0.15) is 55.6 Å². The Morgan fingerprint density at radius 2 is 1.91 bits per heavy atom. The molecule has 0 bridgehead atoms. The van der Waals surface area contributed by atoms with Gasteiger partial charge in [0.05, 0.1) is 19.8 Å². The Bertz CT molecular complexity index is 1040. The minimum Gasteiger partial charge on any atom is -0.450 e. The van der Waals surface area contributed by atoms with E-state index >= 15 is 0 Å². The number of morpholine rings is 1. The number of primary amides is 1. The summed E-state index contributed by atoms with van der Waals surface area (Å²) < 4.78 is 29.9. The lowest BCUT2D eigenvalue weighted by Gasteiger charge is -2.36. The second-order valence-electron chi connectivity index (χ2n) is 9.30. The molecule has 2 unspecified atom stereocenters. The summed E-state index contributed by atoms with van der Waals surface area (Å²) in [5.74, 6) is -2.14. The van der Waals surface area contributed by atoms with Crippen molar-refractivity contribution in [3.05, 3.63) is 29.9 Å². The second kappa shape index (κ2) is 11.6. The Balaban J connectivity index is 1.59. The zero-order valence-corrected chi connectivity index (χ0v) is 19.7. The summed E-state index contributed by atoms with van der Waals surface area (Å²) in [6.45, 7) is 1.95. The third-order valence-corrected chi connectivity index (χ3v) is 7.06. The van der Waals surface area contributed by atoms with Crippen LogP contribution >= 0.6 is 0 Å². The van der Waals surface area contributed by atoms with Crippen LogP contribution in [0.4, 0.5) is 9.18 Å². The van der Waals surface area contributed by atoms with E-state index in [2.05, 4.69) is 4.98 Å². The van der Waals surface area contributed by atoms with Crippen molar-refractivity contribution in [2.45, 2.75) is 44.9 Å². The van der Waals surface area contributed by atoms with Crippen molar-refractivity contribution in [3.8, 4) is 0 Å². The Morgan fingerprint density at radius 1 is 1.17 bits per heavy atom. The number of hydrogen-bond acceptors (Lipinski definition) is 7. The first-order chi connectivity index (χ1) is 16.9. The van der Waals surface area contributed by atoms with Gasteiger partial charge in [0.15, 0.2) is 11.4 Å². The van der Waals surface area contributed by atoms with Crippen LogP contribution < -0.4 is 5.73 Å². The quantitative estimate of drug-likeness (QED) is 0.533. The highest BCUT2D eigenvalue weighted by molar-refractivity contribution is 5.96. The standard InChI is InChI=1S/C25H32FN3O6/c26-19-7-4-8-20-22(19)35-23(28-20)21(30)17(9-12-34-25(27)32)15-18(16-5-2-1-3-6-16)24(31)29-10-13-33-14-11-29/h4,7-8,16-18H,1-3,5-6,9-15H2,(H2,27,32). The molecule has 2 amide bonds. The Labute approximate surface area is 203 Å². The van der Waals surface area contributed by atoms with Crippen molar-refractivity contribution >= 4 is 28.9 Å². The molecular formula is C25H32FN3O6. The first-order valence-electron chi connectivity index (χ1n) is 12.3. The molecule has 35 heavy (non-hydrogen) atoms. The molecule has 1 aromatic heterocycles. The van der Waals surface area contributed by atoms with Gasteiger partial charge < -0.3 is 24.5 Å². The normalized spacial score (nSPS) is 18.8. The average Bonchev–Trinajstić information content (AvgIpc) is 3.32. The number of oxazole rings is 1. The number of carbonyl (C=O) groups excluding carboxylic acids is 3. The van der Waals surface area contributed by atoms with Gasteiger partial charge in [0.2, 0.25) is 11.7 Å². The van der Waals surface area contributed by atoms with Gasteiger partial charge in [0, 0.05) is 24.9 Å². The van der Waals surface area contributed by atoms with Gasteiger partial charge in [-0.3, -0.25) is 9.59 Å². The van der Waals surface area contributed by atoms with E-state index in [9.17, 15) is 18.8 Å². The van der Waals surface area contributed by atoms with E-state index in [4.69, 9.17) is 19.6 Å². The van der Waals surface area contributed by atoms with Crippen LogP contribution in [-0.4, -0.2) is 60.6 Å². The number of aromatic nitrogens is 1. The molecule has 1 aromatic carbocycles. The van der Waals surface area contributed by atoms with Gasteiger partial charge in [-0.2, -0.15) is 0 Å². The Kier molecular flexibility index (Phi) is 8.33. The highest BCUT2D eigenvalue weighted by Crippen LogP contribution is 2.36. The molecule has 2 atom stereocenters. The highest BCUT2D eigenvalue weighted by Gasteiger charge is 2.38. The van der Waals surface area contributed by atoms with E-state index in [-0.39, 0.29) is 54.2 Å². The Hall–Kier alpha value is -3.01. The number of hydrogen-bond donors (Lipinski definition) is 1. The van der Waals surface area contributed by atoms with Crippen LogP contribution in [0.25, 0.3) is 11.1 Å². The third kappa shape index (κ3) is 6.17. The van der Waals surface area contributed by atoms with Gasteiger partial charge in [-0.1, -0.05) is 25.3 Å². The second-order valence-corrected chi connectivity index (χ2v) is 9.30. The highest BCUT2D eigenvalue weighted by atomic mass is 19.1. The molecule has 0 spiro atoms. The molecule has 2 fully saturated rings. The van der Waals surface area contributed by atoms with Crippen LogP contribution in [0, 0.1) is 23.6 Å². The van der Waals surface area contributed by atoms with Crippen LogP contribution in [0.5, 0.6) is 0 Å². The molecule has 10 heteroatoms. The number of nitrogens with two attached hydrogens (primary N) is 1. The molecular weight excluding hydrogens is 457 g/mol. The number of benzene rings is 1. The number of ether oxygens (including phenoxy) is 2. The van der Waals surface area contributed by atoms with Gasteiger partial charge in [0.25, 0.3) is 5.89 Å². The van der Waals surface area contributed by atoms with E-state index in [0.29, 0.717) is 26.3 Å². The predicted octanol–water partition coefficient (Wildman–Crippen LogP) is 3.70. The molecule has 1 aliphatic carbocycles. The molecule has 2 heterocycles. The third-order valence-electron chi connectivity index (χ3n) is 7.06. The maximum Gasteiger partial charge on any atom is 0.404 e. The topological polar surface area (TPSA) is 125 Å². The van der Waals surface area contributed by atoms with E-state index in [1.165, 1.54) is 12.1 Å². The summed E-state index contributed by atoms with van der Waals surface area (Å²) in [5.41, 5.74) is 5.26. The molecule has 2 aliphatic rings. The lowest BCUT2D eigenvalue weighted by molar-refractivity contribution is -0.142. The number of halogens is 1. The lowest BCUT2D eigenvalue weighted by atomic mass is 9.74. The van der Waals surface area contributed by atoms with E-state index in [0.717, 1.165) is 32.1 Å². The smallest absolute Gasteiger partial charge is 0.404 e. The van der Waals surface area contributed by atoms with Gasteiger partial charge >= 0.3 is 6.09 Å². The fraction of sp³-hybridized carbons (Fsp3) is 0.600. The molecule has 2 N–H and O–H groups in total. The van der Waals surface area contributed by atoms with E-state index < -0.39 is 23.6 Å². The number of ketones is 1. The fourth-order valence-electron chi connectivity index (χ4n) is 5.21. The number of amides is 2. The summed E-state index contributed by atoms with van der Waals surface area (Å²) in [4.78, 5) is 44.3. The summed E-state index contributed by atoms with van der Waals surface area (Å²) in [5, 5.41) is 0. The maximum absolute atomic E-state index is 14.1. The summed E-state index contributed by atoms with van der Waals surface area (Å²) in [7, 11) is 0. The molecule has 9 nitrogen and oxygen atoms in total. The number of Topliss-reactive ketones (excluding diaryl/α,β-unsaturated/α-hetero) is 1. The van der Waals surface area contributed by atoms with Crippen molar-refractivity contribution in [2.24, 2.45) is 23.5 Å². The van der Waals surface area contributed by atoms with Gasteiger partial charge in [-0.15, -0.1) is 0 Å². The molecule has 0 radical (unpaired) electrons. The van der Waals surface area contributed by atoms with Crippen LogP contribution in [-0.2, 0) is 14.3 Å². The monoisotopic (exact) mass is 489 g/mol. The van der Waals surface area contributed by atoms with Crippen molar-refractivity contribution in [3.63, 3.8) is 0 Å². The van der Waals surface area contributed by atoms with Crippen molar-refractivity contribution in [2.75, 3.05) is 32.9 Å². The lowest BCUT2D eigenvalue weighted by Crippen LogP contribution is -2.46.